The molecule has 0 radical (unpaired) electrons. The average Bonchev–Trinajstić information content (AvgIpc) is 3.37. The van der Waals surface area contributed by atoms with E-state index in [-0.39, 0.29) is 11.5 Å². The first-order valence-electron chi connectivity index (χ1n) is 13.5. The number of ketones is 1. The number of carboxylic acids is 1. The van der Waals surface area contributed by atoms with E-state index in [1.54, 1.807) is 12.1 Å². The van der Waals surface area contributed by atoms with Gasteiger partial charge < -0.3 is 24.4 Å². The van der Waals surface area contributed by atoms with Gasteiger partial charge in [-0.2, -0.15) is 0 Å². The van der Waals surface area contributed by atoms with Crippen molar-refractivity contribution >= 4 is 11.8 Å². The fourth-order valence-corrected chi connectivity index (χ4v) is 4.91. The molecule has 0 amide bonds. The zero-order valence-electron chi connectivity index (χ0n) is 22.3. The molecular formula is C30H40O7. The highest BCUT2D eigenvalue weighted by atomic mass is 16.5. The van der Waals surface area contributed by atoms with Crippen LogP contribution < -0.4 is 14.2 Å². The Morgan fingerprint density at radius 2 is 1.51 bits per heavy atom. The van der Waals surface area contributed by atoms with Crippen LogP contribution in [0.1, 0.15) is 93.6 Å². The zero-order valence-corrected chi connectivity index (χ0v) is 22.3. The number of carboxylic acid groups (broad SMARTS) is 1. The van der Waals surface area contributed by atoms with Crippen molar-refractivity contribution in [2.24, 2.45) is 0 Å². The van der Waals surface area contributed by atoms with Crippen LogP contribution in [0.3, 0.4) is 0 Å². The topological polar surface area (TPSA) is 102 Å². The van der Waals surface area contributed by atoms with E-state index < -0.39 is 11.4 Å². The largest absolute Gasteiger partial charge is 0.507 e. The molecule has 1 fully saturated rings. The highest BCUT2D eigenvalue weighted by molar-refractivity contribution is 5.97. The SMILES string of the molecule is CCCCOc1cc(OCCCOc2ccc(C(C)=O)c(O)c2CCC)cc(C2(C(=O)O)CCCC2)c1. The summed E-state index contributed by atoms with van der Waals surface area (Å²) in [5.41, 5.74) is 0.795. The van der Waals surface area contributed by atoms with Crippen LogP contribution in [0.5, 0.6) is 23.0 Å². The maximum absolute atomic E-state index is 12.3. The number of phenolic OH excluding ortho intramolecular Hbond substituents is 1. The lowest BCUT2D eigenvalue weighted by Gasteiger charge is -2.25. The molecule has 0 aliphatic heterocycles. The molecule has 0 unspecified atom stereocenters. The third-order valence-corrected chi connectivity index (χ3v) is 7.00. The molecule has 1 aliphatic carbocycles. The minimum Gasteiger partial charge on any atom is -0.507 e. The van der Waals surface area contributed by atoms with E-state index >= 15 is 0 Å². The molecule has 7 heteroatoms. The van der Waals surface area contributed by atoms with E-state index in [1.165, 1.54) is 6.92 Å². The number of phenols is 1. The fraction of sp³-hybridized carbons (Fsp3) is 0.533. The zero-order chi connectivity index (χ0) is 26.8. The second-order valence-electron chi connectivity index (χ2n) is 9.78. The van der Waals surface area contributed by atoms with E-state index in [0.29, 0.717) is 73.9 Å². The number of hydrogen-bond acceptors (Lipinski definition) is 6. The highest BCUT2D eigenvalue weighted by Crippen LogP contribution is 2.44. The number of ether oxygens (including phenoxy) is 3. The van der Waals surface area contributed by atoms with Gasteiger partial charge in [-0.25, -0.2) is 0 Å². The lowest BCUT2D eigenvalue weighted by Crippen LogP contribution is -2.32. The van der Waals surface area contributed by atoms with Crippen LogP contribution in [0, 0.1) is 0 Å². The summed E-state index contributed by atoms with van der Waals surface area (Å²) >= 11 is 0. The van der Waals surface area contributed by atoms with Gasteiger partial charge in [-0.05, 0) is 62.4 Å². The molecule has 0 heterocycles. The van der Waals surface area contributed by atoms with Crippen LogP contribution in [0.2, 0.25) is 0 Å². The first-order chi connectivity index (χ1) is 17.8. The van der Waals surface area contributed by atoms with Crippen LogP contribution in [-0.4, -0.2) is 41.8 Å². The van der Waals surface area contributed by atoms with E-state index in [0.717, 1.165) is 37.7 Å². The summed E-state index contributed by atoms with van der Waals surface area (Å²) in [5.74, 6) is 0.813. The van der Waals surface area contributed by atoms with Crippen molar-refractivity contribution in [3.8, 4) is 23.0 Å². The summed E-state index contributed by atoms with van der Waals surface area (Å²) in [6, 6.07) is 8.85. The second-order valence-corrected chi connectivity index (χ2v) is 9.78. The van der Waals surface area contributed by atoms with Crippen molar-refractivity contribution in [1.82, 2.24) is 0 Å². The molecule has 2 aromatic rings. The van der Waals surface area contributed by atoms with Crippen molar-refractivity contribution in [2.75, 3.05) is 19.8 Å². The average molecular weight is 513 g/mol. The number of aliphatic carboxylic acids is 1. The van der Waals surface area contributed by atoms with Crippen molar-refractivity contribution in [3.05, 3.63) is 47.0 Å². The Labute approximate surface area is 219 Å². The maximum atomic E-state index is 12.3. The number of hydrogen-bond donors (Lipinski definition) is 2. The van der Waals surface area contributed by atoms with E-state index in [2.05, 4.69) is 6.92 Å². The third kappa shape index (κ3) is 6.96. The molecule has 3 rings (SSSR count). The summed E-state index contributed by atoms with van der Waals surface area (Å²) in [6.07, 6.45) is 6.95. The normalized spacial score (nSPS) is 14.4. The van der Waals surface area contributed by atoms with Crippen molar-refractivity contribution in [1.29, 1.82) is 0 Å². The van der Waals surface area contributed by atoms with Gasteiger partial charge in [0.15, 0.2) is 5.78 Å². The Morgan fingerprint density at radius 1 is 0.892 bits per heavy atom. The Hall–Kier alpha value is -3.22. The molecule has 202 valence electrons. The smallest absolute Gasteiger partial charge is 0.314 e. The molecule has 1 aliphatic rings. The van der Waals surface area contributed by atoms with E-state index in [9.17, 15) is 19.8 Å². The quantitative estimate of drug-likeness (QED) is 0.208. The first kappa shape index (κ1) is 28.4. The van der Waals surface area contributed by atoms with Crippen molar-refractivity contribution in [2.45, 2.75) is 84.0 Å². The molecule has 7 nitrogen and oxygen atoms in total. The summed E-state index contributed by atoms with van der Waals surface area (Å²) < 4.78 is 17.9. The predicted molar refractivity (Wildman–Crippen MR) is 142 cm³/mol. The van der Waals surface area contributed by atoms with Gasteiger partial charge in [0.1, 0.15) is 23.0 Å². The molecule has 0 atom stereocenters. The summed E-state index contributed by atoms with van der Waals surface area (Å²) in [5, 5.41) is 20.6. The van der Waals surface area contributed by atoms with Crippen LogP contribution in [0.25, 0.3) is 0 Å². The monoisotopic (exact) mass is 512 g/mol. The number of carbonyl (C=O) groups is 2. The Morgan fingerprint density at radius 3 is 2.08 bits per heavy atom. The van der Waals surface area contributed by atoms with E-state index in [4.69, 9.17) is 14.2 Å². The van der Waals surface area contributed by atoms with Crippen molar-refractivity contribution < 1.29 is 34.0 Å². The molecule has 0 bridgehead atoms. The van der Waals surface area contributed by atoms with Gasteiger partial charge in [0.25, 0.3) is 0 Å². The number of unbranched alkanes of at least 4 members (excludes halogenated alkanes) is 1. The lowest BCUT2D eigenvalue weighted by atomic mass is 9.79. The molecule has 0 aromatic heterocycles. The summed E-state index contributed by atoms with van der Waals surface area (Å²) in [6.45, 7) is 6.85. The minimum absolute atomic E-state index is 0.00482. The summed E-state index contributed by atoms with van der Waals surface area (Å²) in [7, 11) is 0. The highest BCUT2D eigenvalue weighted by Gasteiger charge is 2.43. The molecule has 2 aromatic carbocycles. The molecular weight excluding hydrogens is 472 g/mol. The number of rotatable bonds is 15. The standard InChI is InChI=1S/C30H40O7/c1-4-6-15-35-23-18-22(30(29(33)34)13-7-8-14-30)19-24(20-23)36-16-9-17-37-27-12-11-25(21(3)31)28(32)26(27)10-5-2/h11-12,18-20,32H,4-10,13-17H2,1-3H3,(H,33,34). The van der Waals surface area contributed by atoms with Crippen LogP contribution >= 0.6 is 0 Å². The van der Waals surface area contributed by atoms with Gasteiger partial charge in [-0.15, -0.1) is 0 Å². The third-order valence-electron chi connectivity index (χ3n) is 7.00. The molecule has 2 N–H and O–H groups in total. The number of carbonyl (C=O) groups excluding carboxylic acids is 1. The van der Waals surface area contributed by atoms with Crippen molar-refractivity contribution in [3.63, 3.8) is 0 Å². The molecule has 1 saturated carbocycles. The fourth-order valence-electron chi connectivity index (χ4n) is 4.91. The van der Waals surface area contributed by atoms with Gasteiger partial charge in [0, 0.05) is 18.1 Å². The Balaban J connectivity index is 1.67. The van der Waals surface area contributed by atoms with Crippen LogP contribution in [-0.2, 0) is 16.6 Å². The Kier molecular flexibility index (Phi) is 10.2. The van der Waals surface area contributed by atoms with Gasteiger partial charge in [0.05, 0.1) is 30.8 Å². The number of aromatic hydroxyl groups is 1. The summed E-state index contributed by atoms with van der Waals surface area (Å²) in [4.78, 5) is 24.0. The maximum Gasteiger partial charge on any atom is 0.314 e. The van der Waals surface area contributed by atoms with E-state index in [1.807, 2.05) is 25.1 Å². The molecule has 0 spiro atoms. The molecule has 0 saturated heterocycles. The van der Waals surface area contributed by atoms with Gasteiger partial charge >= 0.3 is 5.97 Å². The second kappa shape index (κ2) is 13.4. The van der Waals surface area contributed by atoms with Gasteiger partial charge in [-0.3, -0.25) is 9.59 Å². The van der Waals surface area contributed by atoms with Crippen LogP contribution in [0.15, 0.2) is 30.3 Å². The number of benzene rings is 2. The minimum atomic E-state index is -0.894. The van der Waals surface area contributed by atoms with Crippen LogP contribution in [0.4, 0.5) is 0 Å². The number of Topliss-reactive ketones (excluding diaryl/α,β-unsaturated/α-hetero) is 1. The van der Waals surface area contributed by atoms with Gasteiger partial charge in [-0.1, -0.05) is 39.5 Å². The Bertz CT molecular complexity index is 1070. The predicted octanol–water partition coefficient (Wildman–Crippen LogP) is 6.47. The first-order valence-corrected chi connectivity index (χ1v) is 13.5. The lowest BCUT2D eigenvalue weighted by molar-refractivity contribution is -0.143. The van der Waals surface area contributed by atoms with Gasteiger partial charge in [0.2, 0.25) is 0 Å². The molecule has 37 heavy (non-hydrogen) atoms.